The van der Waals surface area contributed by atoms with Gasteiger partial charge in [0.2, 0.25) is 10.7 Å². The molecule has 2 aliphatic heterocycles. The molecule has 6 nitrogen and oxygen atoms in total. The number of benzene rings is 4. The van der Waals surface area contributed by atoms with Gasteiger partial charge in [0.1, 0.15) is 26.2 Å². The molecule has 284 valence electrons. The number of nitrogens with zero attached hydrogens (tertiary/aromatic N) is 6. The summed E-state index contributed by atoms with van der Waals surface area (Å²) in [5.41, 5.74) is 6.89. The van der Waals surface area contributed by atoms with Crippen molar-refractivity contribution >= 4 is 73.9 Å². The van der Waals surface area contributed by atoms with Crippen LogP contribution in [0.5, 0.6) is 0 Å². The van der Waals surface area contributed by atoms with E-state index in [1.807, 2.05) is 22.7 Å². The fraction of sp³-hybridized carbons (Fsp3) is 0.390. The summed E-state index contributed by atoms with van der Waals surface area (Å²) in [6.45, 7) is 25.8. The van der Waals surface area contributed by atoms with E-state index in [0.29, 0.717) is 0 Å². The van der Waals surface area contributed by atoms with Gasteiger partial charge in [0.25, 0.3) is 0 Å². The van der Waals surface area contributed by atoms with E-state index in [-0.39, 0.29) is 19.8 Å². The molecular weight excluding hydrogens is 812 g/mol. The van der Waals surface area contributed by atoms with Gasteiger partial charge in [0.05, 0.1) is 41.6 Å². The second-order valence-corrected chi connectivity index (χ2v) is 18.6. The van der Waals surface area contributed by atoms with E-state index in [1.54, 1.807) is 0 Å². The standard InChI is InChI=1S/2C20H26N3S.CH3.3ClH.Zn/c2*1-5-22(6-2)15-9-11-17-19(13-15)24-20-14-16(23(7-3)8-4)10-12-18(20)21-17;;;;;/h2*9-14H,5-8H2,1-4H3;1H3;3*1H;/q2*+1;-1;;;;+2/p-3. The predicted octanol–water partition coefficient (Wildman–Crippen LogP) is 6.95. The van der Waals surface area contributed by atoms with Crippen molar-refractivity contribution in [3.05, 3.63) is 90.9 Å². The Morgan fingerprint density at radius 3 is 1.19 bits per heavy atom. The average molecular weight is 868 g/mol. The van der Waals surface area contributed by atoms with Crippen molar-refractivity contribution < 1.29 is 27.6 Å². The Labute approximate surface area is 347 Å². The number of aromatic nitrogens is 2. The maximum atomic E-state index is 4.95. The Kier molecular flexibility index (Phi) is 20.7. The third-order valence-electron chi connectivity index (χ3n) is 9.21. The van der Waals surface area contributed by atoms with Crippen molar-refractivity contribution in [2.45, 2.75) is 55.4 Å². The number of fused-ring (bicyclic) bond motifs is 4. The number of anilines is 2. The van der Waals surface area contributed by atoms with Crippen LogP contribution in [0.15, 0.2) is 72.8 Å². The summed E-state index contributed by atoms with van der Waals surface area (Å²) in [6, 6.07) is 26.5. The zero-order valence-corrected chi connectivity index (χ0v) is 39.8. The fourth-order valence-electron chi connectivity index (χ4n) is 6.35. The van der Waals surface area contributed by atoms with Crippen molar-refractivity contribution in [2.75, 3.05) is 62.2 Å². The van der Waals surface area contributed by atoms with Gasteiger partial charge >= 0.3 is 34.5 Å². The van der Waals surface area contributed by atoms with Crippen LogP contribution in [0.2, 0.25) is 0 Å². The predicted molar refractivity (Wildman–Crippen MR) is 230 cm³/mol. The first-order valence-corrected chi connectivity index (χ1v) is 27.7. The minimum atomic E-state index is -0.931. The monoisotopic (exact) mass is 864 g/mol. The molecule has 0 unspecified atom stereocenters. The van der Waals surface area contributed by atoms with Crippen LogP contribution in [-0.2, 0) is 15.1 Å². The molecule has 0 spiro atoms. The molecule has 0 saturated carbocycles. The van der Waals surface area contributed by atoms with Crippen LogP contribution in [-0.4, -0.2) is 62.3 Å². The normalized spacial score (nSPS) is 10.3. The molecule has 6 rings (SSSR count). The van der Waals surface area contributed by atoms with Crippen LogP contribution in [0.1, 0.15) is 55.4 Å². The van der Waals surface area contributed by atoms with E-state index in [1.165, 1.54) is 41.2 Å². The molecule has 0 amide bonds. The van der Waals surface area contributed by atoms with Crippen LogP contribution >= 0.6 is 42.1 Å². The molecule has 12 heteroatoms. The van der Waals surface area contributed by atoms with Gasteiger partial charge in [0.15, 0.2) is 0 Å². The van der Waals surface area contributed by atoms with Crippen LogP contribution in [0, 0.1) is 7.43 Å². The molecule has 0 aromatic heterocycles. The zero-order chi connectivity index (χ0) is 36.9. The van der Waals surface area contributed by atoms with E-state index in [9.17, 15) is 0 Å². The van der Waals surface area contributed by atoms with Gasteiger partial charge in [-0.05, 0) is 104 Å². The van der Waals surface area contributed by atoms with Crippen molar-refractivity contribution in [1.29, 1.82) is 0 Å². The number of hydrogen-bond donors (Lipinski definition) is 0. The third kappa shape index (κ3) is 11.8. The number of rotatable bonds is 10. The summed E-state index contributed by atoms with van der Waals surface area (Å²) in [4.78, 5) is 17.0. The van der Waals surface area contributed by atoms with Gasteiger partial charge in [-0.25, -0.2) is 19.1 Å². The second-order valence-electron chi connectivity index (χ2n) is 11.8. The summed E-state index contributed by atoms with van der Waals surface area (Å²) in [5.74, 6) is 0. The molecule has 2 aliphatic carbocycles. The van der Waals surface area contributed by atoms with Crippen molar-refractivity contribution in [2.24, 2.45) is 0 Å². The fourth-order valence-corrected chi connectivity index (χ4v) is 8.41. The van der Waals surface area contributed by atoms with Crippen LogP contribution in [0.25, 0.3) is 41.6 Å². The summed E-state index contributed by atoms with van der Waals surface area (Å²) < 4.78 is 7.26. The summed E-state index contributed by atoms with van der Waals surface area (Å²) in [7, 11) is 9.90. The molecule has 2 heterocycles. The molecule has 0 bridgehead atoms. The van der Waals surface area contributed by atoms with Crippen LogP contribution < -0.4 is 42.1 Å². The van der Waals surface area contributed by atoms with E-state index in [4.69, 9.17) is 29.4 Å². The van der Waals surface area contributed by atoms with Crippen molar-refractivity contribution in [1.82, 2.24) is 19.1 Å². The van der Waals surface area contributed by atoms with Gasteiger partial charge in [-0.3, -0.25) is 0 Å². The van der Waals surface area contributed by atoms with Crippen molar-refractivity contribution in [3.8, 4) is 21.1 Å². The van der Waals surface area contributed by atoms with E-state index >= 15 is 0 Å². The van der Waals surface area contributed by atoms with E-state index in [2.05, 4.69) is 147 Å². The quantitative estimate of drug-likeness (QED) is 0.0648. The molecule has 4 aliphatic rings. The average Bonchev–Trinajstić information content (AvgIpc) is 3.15. The minimum absolute atomic E-state index is 0. The molecular formula is C41H55Cl3N6S2Zn. The molecule has 53 heavy (non-hydrogen) atoms. The topological polar surface area (TPSA) is 38.3 Å². The Hall–Kier alpha value is -2.39. The van der Waals surface area contributed by atoms with Gasteiger partial charge in [-0.2, -0.15) is 0 Å². The van der Waals surface area contributed by atoms with E-state index in [0.717, 1.165) is 74.8 Å². The van der Waals surface area contributed by atoms with Crippen LogP contribution in [0.3, 0.4) is 0 Å². The first-order chi connectivity index (χ1) is 24.8. The Balaban J connectivity index is 0.000000330. The summed E-state index contributed by atoms with van der Waals surface area (Å²) >= 11 is 2.75. The third-order valence-corrected chi connectivity index (χ3v) is 11.4. The van der Waals surface area contributed by atoms with Crippen molar-refractivity contribution in [3.63, 3.8) is 0 Å². The first kappa shape index (κ1) is 46.8. The molecule has 0 N–H and O–H groups in total. The summed E-state index contributed by atoms with van der Waals surface area (Å²) in [5, 5.41) is 2.56. The molecule has 0 atom stereocenters. The molecule has 0 radical (unpaired) electrons. The SMILES string of the molecule is CCN(CC)c1ccc2nc3ccc(=[N+](CC)CC)cc-3sc2c1.CCN(CC)c1ccc2nc3ccc(=[N+](CC)CC)cc-3sc2c1.[CH3-].[Cl-].[Cl][Zn][Cl]. The van der Waals surface area contributed by atoms with Gasteiger partial charge in [0, 0.05) is 61.8 Å². The van der Waals surface area contributed by atoms with Gasteiger partial charge < -0.3 is 29.6 Å². The van der Waals surface area contributed by atoms with Gasteiger partial charge in [-0.1, -0.05) is 0 Å². The maximum absolute atomic E-state index is 4.95. The number of halogens is 3. The first-order valence-electron chi connectivity index (χ1n) is 18.3. The Morgan fingerprint density at radius 1 is 0.547 bits per heavy atom. The summed E-state index contributed by atoms with van der Waals surface area (Å²) in [6.07, 6.45) is 0. The van der Waals surface area contributed by atoms with Gasteiger partial charge in [-0.15, -0.1) is 22.7 Å². The van der Waals surface area contributed by atoms with Crippen LogP contribution in [0.4, 0.5) is 11.4 Å². The molecule has 2 aromatic carbocycles. The number of hydrogen-bond acceptors (Lipinski definition) is 6. The van der Waals surface area contributed by atoms with E-state index < -0.39 is 15.1 Å². The Morgan fingerprint density at radius 2 is 0.887 bits per heavy atom. The molecule has 0 saturated heterocycles. The Bertz CT molecular complexity index is 1930. The molecule has 2 aromatic rings. The second kappa shape index (κ2) is 23.5. The molecule has 0 fully saturated rings. The zero-order valence-electron chi connectivity index (χ0n) is 32.9.